The summed E-state index contributed by atoms with van der Waals surface area (Å²) in [7, 11) is -4.04. The maximum atomic E-state index is 14.3. The van der Waals surface area contributed by atoms with Crippen LogP contribution in [0, 0.1) is 5.82 Å². The molecule has 180 valence electrons. The molecule has 1 saturated heterocycles. The lowest BCUT2D eigenvalue weighted by atomic mass is 9.98. The molecule has 12 heteroatoms. The van der Waals surface area contributed by atoms with E-state index in [1.807, 2.05) is 4.90 Å². The first-order chi connectivity index (χ1) is 15.1. The fourth-order valence-corrected chi connectivity index (χ4v) is 5.37. The Hall–Kier alpha value is -1.62. The van der Waals surface area contributed by atoms with E-state index < -0.39 is 22.1 Å². The second-order valence-electron chi connectivity index (χ2n) is 7.93. The van der Waals surface area contributed by atoms with Gasteiger partial charge in [-0.2, -0.15) is 12.7 Å². The number of rotatable bonds is 7. The fourth-order valence-electron chi connectivity index (χ4n) is 3.81. The Kier molecular flexibility index (Phi) is 8.14. The first-order valence-corrected chi connectivity index (χ1v) is 12.2. The number of benzene rings is 2. The van der Waals surface area contributed by atoms with Gasteiger partial charge in [0.1, 0.15) is 11.6 Å². The van der Waals surface area contributed by atoms with E-state index in [2.05, 4.69) is 0 Å². The van der Waals surface area contributed by atoms with Crippen molar-refractivity contribution in [1.29, 1.82) is 0 Å². The number of hydrogen-bond acceptors (Lipinski definition) is 5. The molecule has 2 fully saturated rings. The third-order valence-electron chi connectivity index (χ3n) is 5.56. The highest BCUT2D eigenvalue weighted by molar-refractivity contribution is 7.84. The molecular formula is C21H22Cl3FN2O5S. The number of hydrogen-bond donors (Lipinski definition) is 1. The molecule has 0 radical (unpaired) electrons. The minimum atomic E-state index is -4.04. The molecule has 2 aromatic carbocycles. The van der Waals surface area contributed by atoms with E-state index in [4.69, 9.17) is 27.4 Å². The normalized spacial score (nSPS) is 17.4. The van der Waals surface area contributed by atoms with E-state index in [9.17, 15) is 22.7 Å². The van der Waals surface area contributed by atoms with Crippen LogP contribution in [0.1, 0.15) is 40.2 Å². The van der Waals surface area contributed by atoms with Gasteiger partial charge in [-0.1, -0.05) is 23.2 Å². The van der Waals surface area contributed by atoms with Crippen LogP contribution in [0.25, 0.3) is 0 Å². The van der Waals surface area contributed by atoms with Crippen LogP contribution in [0.2, 0.25) is 10.0 Å². The summed E-state index contributed by atoms with van der Waals surface area (Å²) >= 11 is 11.8. The molecule has 0 unspecified atom stereocenters. The van der Waals surface area contributed by atoms with E-state index in [0.29, 0.717) is 19.6 Å². The molecule has 1 saturated carbocycles. The van der Waals surface area contributed by atoms with Crippen molar-refractivity contribution in [3.8, 4) is 5.75 Å². The van der Waals surface area contributed by atoms with Gasteiger partial charge in [0.05, 0.1) is 5.56 Å². The Morgan fingerprint density at radius 2 is 1.67 bits per heavy atom. The molecule has 2 aliphatic rings. The summed E-state index contributed by atoms with van der Waals surface area (Å²) in [5.74, 6) is -1.75. The van der Waals surface area contributed by atoms with E-state index in [1.165, 1.54) is 34.6 Å². The Balaban J connectivity index is 0.00000306. The van der Waals surface area contributed by atoms with E-state index >= 15 is 0 Å². The summed E-state index contributed by atoms with van der Waals surface area (Å²) in [6.07, 6.45) is 1.91. The van der Waals surface area contributed by atoms with Gasteiger partial charge >= 0.3 is 16.3 Å². The number of carboxylic acids is 1. The molecule has 1 heterocycles. The van der Waals surface area contributed by atoms with E-state index in [1.54, 1.807) is 0 Å². The third-order valence-corrected chi connectivity index (χ3v) is 7.39. The minimum Gasteiger partial charge on any atom is -0.478 e. The maximum Gasteiger partial charge on any atom is 0.385 e. The molecular weight excluding hydrogens is 518 g/mol. The SMILES string of the molecule is Cl.O=C(O)c1cc(C2CC2)c(CN2CCN(S(=O)(=O)Oc3cc(Cl)cc(Cl)c3)CC2)cc1F. The summed E-state index contributed by atoms with van der Waals surface area (Å²) in [4.78, 5) is 13.3. The van der Waals surface area contributed by atoms with Crippen molar-refractivity contribution >= 4 is 51.9 Å². The van der Waals surface area contributed by atoms with E-state index in [0.717, 1.165) is 24.0 Å². The Morgan fingerprint density at radius 3 is 2.21 bits per heavy atom. The number of piperazine rings is 1. The zero-order valence-electron chi connectivity index (χ0n) is 17.3. The van der Waals surface area contributed by atoms with Crippen LogP contribution in [-0.2, 0) is 16.8 Å². The van der Waals surface area contributed by atoms with Crippen LogP contribution >= 0.6 is 35.6 Å². The van der Waals surface area contributed by atoms with Gasteiger partial charge < -0.3 is 9.29 Å². The van der Waals surface area contributed by atoms with Gasteiger partial charge in [0.15, 0.2) is 0 Å². The summed E-state index contributed by atoms with van der Waals surface area (Å²) in [5.41, 5.74) is 1.29. The molecule has 0 amide bonds. The quantitative estimate of drug-likeness (QED) is 0.555. The molecule has 1 aliphatic heterocycles. The lowest BCUT2D eigenvalue weighted by Crippen LogP contribution is -2.49. The predicted molar refractivity (Wildman–Crippen MR) is 125 cm³/mol. The topological polar surface area (TPSA) is 87.2 Å². The highest BCUT2D eigenvalue weighted by atomic mass is 35.5. The van der Waals surface area contributed by atoms with Crippen LogP contribution in [-0.4, -0.2) is 54.9 Å². The van der Waals surface area contributed by atoms with Crippen LogP contribution in [0.4, 0.5) is 4.39 Å². The molecule has 4 rings (SSSR count). The summed E-state index contributed by atoms with van der Waals surface area (Å²) in [6, 6.07) is 6.95. The number of nitrogens with zero attached hydrogens (tertiary/aromatic N) is 2. The first-order valence-electron chi connectivity index (χ1n) is 10.1. The van der Waals surface area contributed by atoms with Crippen LogP contribution in [0.15, 0.2) is 30.3 Å². The number of aromatic carboxylic acids is 1. The zero-order chi connectivity index (χ0) is 23.0. The lowest BCUT2D eigenvalue weighted by Gasteiger charge is -2.33. The zero-order valence-corrected chi connectivity index (χ0v) is 20.5. The van der Waals surface area contributed by atoms with Gasteiger partial charge in [0.2, 0.25) is 0 Å². The molecule has 0 bridgehead atoms. The standard InChI is InChI=1S/C21H21Cl2FN2O5S.ClH/c22-15-8-16(23)10-17(9-15)31-32(29,30)26-5-3-25(4-6-26)12-14-7-20(24)19(21(27)28)11-18(14)13-1-2-13;/h7-11,13H,1-6,12H2,(H,27,28);1H. The predicted octanol–water partition coefficient (Wildman–Crippen LogP) is 4.57. The minimum absolute atomic E-state index is 0. The Morgan fingerprint density at radius 1 is 1.06 bits per heavy atom. The average Bonchev–Trinajstić information content (AvgIpc) is 3.52. The molecule has 1 aliphatic carbocycles. The van der Waals surface area contributed by atoms with Gasteiger partial charge in [0, 0.05) is 54.9 Å². The highest BCUT2D eigenvalue weighted by Gasteiger charge is 2.32. The number of carbonyl (C=O) groups is 1. The molecule has 0 atom stereocenters. The number of carboxylic acid groups (broad SMARTS) is 1. The smallest absolute Gasteiger partial charge is 0.385 e. The highest BCUT2D eigenvalue weighted by Crippen LogP contribution is 2.42. The van der Waals surface area contributed by atoms with Gasteiger partial charge in [0.25, 0.3) is 0 Å². The second kappa shape index (κ2) is 10.3. The fraction of sp³-hybridized carbons (Fsp3) is 0.381. The van der Waals surface area contributed by atoms with Crippen molar-refractivity contribution in [3.05, 3.63) is 62.9 Å². The monoisotopic (exact) mass is 538 g/mol. The molecule has 33 heavy (non-hydrogen) atoms. The molecule has 0 spiro atoms. The van der Waals surface area contributed by atoms with Crippen molar-refractivity contribution in [3.63, 3.8) is 0 Å². The van der Waals surface area contributed by atoms with Crippen molar-refractivity contribution < 1.29 is 26.9 Å². The molecule has 2 aromatic rings. The third kappa shape index (κ3) is 6.29. The summed E-state index contributed by atoms with van der Waals surface area (Å²) in [6.45, 7) is 1.66. The number of halogens is 4. The van der Waals surface area contributed by atoms with Gasteiger partial charge in [-0.3, -0.25) is 4.90 Å². The van der Waals surface area contributed by atoms with Crippen molar-refractivity contribution in [2.75, 3.05) is 26.2 Å². The van der Waals surface area contributed by atoms with Gasteiger partial charge in [-0.15, -0.1) is 12.4 Å². The second-order valence-corrected chi connectivity index (χ2v) is 10.3. The molecule has 0 aromatic heterocycles. The molecule has 1 N–H and O–H groups in total. The van der Waals surface area contributed by atoms with Crippen LogP contribution < -0.4 is 4.18 Å². The van der Waals surface area contributed by atoms with Crippen molar-refractivity contribution in [2.45, 2.75) is 25.3 Å². The summed E-state index contributed by atoms with van der Waals surface area (Å²) in [5, 5.41) is 9.73. The lowest BCUT2D eigenvalue weighted by molar-refractivity contribution is 0.0691. The first kappa shape index (κ1) is 26.0. The van der Waals surface area contributed by atoms with Crippen molar-refractivity contribution in [2.24, 2.45) is 0 Å². The average molecular weight is 540 g/mol. The van der Waals surface area contributed by atoms with Gasteiger partial charge in [-0.05, 0) is 48.1 Å². The van der Waals surface area contributed by atoms with Crippen LogP contribution in [0.3, 0.4) is 0 Å². The molecule has 7 nitrogen and oxygen atoms in total. The van der Waals surface area contributed by atoms with Gasteiger partial charge in [-0.25, -0.2) is 9.18 Å². The Labute approximate surface area is 207 Å². The summed E-state index contributed by atoms with van der Waals surface area (Å²) < 4.78 is 45.9. The largest absolute Gasteiger partial charge is 0.478 e. The Bertz CT molecular complexity index is 1130. The van der Waals surface area contributed by atoms with Crippen molar-refractivity contribution in [1.82, 2.24) is 9.21 Å². The van der Waals surface area contributed by atoms with E-state index in [-0.39, 0.29) is 52.8 Å². The van der Waals surface area contributed by atoms with Crippen LogP contribution in [0.5, 0.6) is 5.75 Å². The maximum absolute atomic E-state index is 14.3.